The normalized spacial score (nSPS) is 14.3. The Morgan fingerprint density at radius 3 is 2.45 bits per heavy atom. The Kier molecular flexibility index (Phi) is 5.19. The topological polar surface area (TPSA) is 65.5 Å². The lowest BCUT2D eigenvalue weighted by molar-refractivity contribution is 0.0733. The first-order valence-electron chi connectivity index (χ1n) is 10.0. The number of pyridine rings is 1. The van der Waals surface area contributed by atoms with Crippen LogP contribution in [0.4, 0.5) is 0 Å². The number of hydrogen-bond acceptors (Lipinski definition) is 5. The first-order valence-corrected chi connectivity index (χ1v) is 10.0. The van der Waals surface area contributed by atoms with Gasteiger partial charge in [0.25, 0.3) is 0 Å². The van der Waals surface area contributed by atoms with Crippen molar-refractivity contribution in [1.82, 2.24) is 4.98 Å². The van der Waals surface area contributed by atoms with E-state index in [0.29, 0.717) is 28.2 Å². The van der Waals surface area contributed by atoms with E-state index in [1.807, 2.05) is 18.2 Å². The van der Waals surface area contributed by atoms with Gasteiger partial charge in [-0.3, -0.25) is 9.78 Å². The molecule has 0 atom stereocenters. The molecule has 0 spiro atoms. The Morgan fingerprint density at radius 2 is 1.81 bits per heavy atom. The molecule has 156 valence electrons. The summed E-state index contributed by atoms with van der Waals surface area (Å²) in [6.07, 6.45) is 4.96. The average Bonchev–Trinajstić information content (AvgIpc) is 3.06. The van der Waals surface area contributed by atoms with Crippen molar-refractivity contribution >= 4 is 17.8 Å². The number of fused-ring (bicyclic) bond motifs is 1. The van der Waals surface area contributed by atoms with E-state index < -0.39 is 5.97 Å². The molecule has 0 saturated heterocycles. The van der Waals surface area contributed by atoms with Crippen LogP contribution in [0, 0.1) is 6.92 Å². The summed E-state index contributed by atoms with van der Waals surface area (Å²) >= 11 is 0. The molecule has 5 heteroatoms. The average molecular weight is 413 g/mol. The van der Waals surface area contributed by atoms with Crippen molar-refractivity contribution in [3.8, 4) is 11.5 Å². The van der Waals surface area contributed by atoms with Crippen LogP contribution in [0.5, 0.6) is 11.5 Å². The van der Waals surface area contributed by atoms with Gasteiger partial charge in [0.15, 0.2) is 5.76 Å². The summed E-state index contributed by atoms with van der Waals surface area (Å²) in [4.78, 5) is 29.4. The van der Waals surface area contributed by atoms with Crippen LogP contribution in [0.25, 0.3) is 6.08 Å². The smallest absolute Gasteiger partial charge is 0.343 e. The maximum absolute atomic E-state index is 12.7. The number of Topliss-reactive ketones (excluding diaryl/α,β-unsaturated/α-hetero) is 1. The molecule has 0 fully saturated rings. The van der Waals surface area contributed by atoms with Crippen LogP contribution in [0.3, 0.4) is 0 Å². The number of benzene rings is 2. The summed E-state index contributed by atoms with van der Waals surface area (Å²) in [6.45, 7) is 8.12. The van der Waals surface area contributed by atoms with Crippen LogP contribution in [0.2, 0.25) is 0 Å². The highest BCUT2D eigenvalue weighted by Gasteiger charge is 2.30. The van der Waals surface area contributed by atoms with E-state index >= 15 is 0 Å². The van der Waals surface area contributed by atoms with Crippen molar-refractivity contribution in [2.24, 2.45) is 0 Å². The quantitative estimate of drug-likeness (QED) is 0.321. The van der Waals surface area contributed by atoms with Crippen molar-refractivity contribution < 1.29 is 19.1 Å². The Balaban J connectivity index is 1.56. The summed E-state index contributed by atoms with van der Waals surface area (Å²) in [5.74, 6) is 0.316. The van der Waals surface area contributed by atoms with Gasteiger partial charge in [-0.05, 0) is 59.9 Å². The van der Waals surface area contributed by atoms with E-state index in [2.05, 4.69) is 25.8 Å². The molecule has 0 radical (unpaired) electrons. The molecule has 0 saturated carbocycles. The number of ketones is 1. The molecule has 2 aromatic carbocycles. The van der Waals surface area contributed by atoms with Crippen LogP contribution < -0.4 is 9.47 Å². The Labute approximate surface area is 181 Å². The van der Waals surface area contributed by atoms with Crippen LogP contribution in [0.15, 0.2) is 66.7 Å². The van der Waals surface area contributed by atoms with Gasteiger partial charge in [0.1, 0.15) is 11.5 Å². The minimum atomic E-state index is -0.459. The van der Waals surface area contributed by atoms with Crippen molar-refractivity contribution in [3.05, 3.63) is 94.5 Å². The van der Waals surface area contributed by atoms with E-state index in [4.69, 9.17) is 9.47 Å². The highest BCUT2D eigenvalue weighted by atomic mass is 16.5. The number of allylic oxidation sites excluding steroid dienone is 1. The number of aromatic nitrogens is 1. The fraction of sp³-hybridized carbons (Fsp3) is 0.192. The summed E-state index contributed by atoms with van der Waals surface area (Å²) in [6, 6.07) is 14.3. The molecule has 1 aromatic heterocycles. The predicted molar refractivity (Wildman–Crippen MR) is 118 cm³/mol. The molecule has 0 N–H and O–H groups in total. The SMILES string of the molecule is Cc1c(OC(=O)c2ccc(C(C)(C)C)cc2)ccc2c1O/C(=C\c1cccnc1)C2=O. The van der Waals surface area contributed by atoms with Gasteiger partial charge < -0.3 is 9.47 Å². The maximum atomic E-state index is 12.7. The van der Waals surface area contributed by atoms with Crippen molar-refractivity contribution in [2.75, 3.05) is 0 Å². The zero-order valence-corrected chi connectivity index (χ0v) is 17.9. The lowest BCUT2D eigenvalue weighted by atomic mass is 9.87. The largest absolute Gasteiger partial charge is 0.452 e. The molecule has 5 nitrogen and oxygen atoms in total. The molecule has 2 heterocycles. The van der Waals surface area contributed by atoms with Crippen LogP contribution in [-0.4, -0.2) is 16.7 Å². The van der Waals surface area contributed by atoms with Crippen LogP contribution >= 0.6 is 0 Å². The van der Waals surface area contributed by atoms with Crippen molar-refractivity contribution in [2.45, 2.75) is 33.1 Å². The molecule has 0 unspecified atom stereocenters. The van der Waals surface area contributed by atoms with Gasteiger partial charge in [0.2, 0.25) is 5.78 Å². The minimum absolute atomic E-state index is 0.00389. The Bertz CT molecular complexity index is 1190. The third kappa shape index (κ3) is 4.12. The van der Waals surface area contributed by atoms with Crippen molar-refractivity contribution in [1.29, 1.82) is 0 Å². The number of carbonyl (C=O) groups excluding carboxylic acids is 2. The van der Waals surface area contributed by atoms with Gasteiger partial charge in [0, 0.05) is 18.0 Å². The predicted octanol–water partition coefficient (Wildman–Crippen LogP) is 5.52. The summed E-state index contributed by atoms with van der Waals surface area (Å²) < 4.78 is 11.4. The Hall–Kier alpha value is -3.73. The number of nitrogens with zero attached hydrogens (tertiary/aromatic N) is 1. The molecule has 0 bridgehead atoms. The third-order valence-corrected chi connectivity index (χ3v) is 5.21. The maximum Gasteiger partial charge on any atom is 0.343 e. The van der Waals surface area contributed by atoms with E-state index in [9.17, 15) is 9.59 Å². The molecule has 3 aromatic rings. The number of carbonyl (C=O) groups is 2. The molecule has 31 heavy (non-hydrogen) atoms. The fourth-order valence-electron chi connectivity index (χ4n) is 3.36. The highest BCUT2D eigenvalue weighted by Crippen LogP contribution is 2.39. The standard InChI is InChI=1S/C26H23NO4/c1-16-21(31-25(29)18-7-9-19(10-8-18)26(2,3)4)12-11-20-23(28)22(30-24(16)20)14-17-6-5-13-27-15-17/h5-15H,1-4H3/b22-14-. The molecule has 0 aliphatic carbocycles. The van der Waals surface area contributed by atoms with E-state index in [-0.39, 0.29) is 17.0 Å². The number of rotatable bonds is 3. The lowest BCUT2D eigenvalue weighted by Crippen LogP contribution is -2.13. The van der Waals surface area contributed by atoms with Gasteiger partial charge in [-0.2, -0.15) is 0 Å². The Morgan fingerprint density at radius 1 is 1.06 bits per heavy atom. The fourth-order valence-corrected chi connectivity index (χ4v) is 3.36. The van der Waals surface area contributed by atoms with E-state index in [1.54, 1.807) is 55.7 Å². The number of esters is 1. The van der Waals surface area contributed by atoms with Crippen molar-refractivity contribution in [3.63, 3.8) is 0 Å². The van der Waals surface area contributed by atoms with Crippen LogP contribution in [0.1, 0.15) is 58.2 Å². The first kappa shape index (κ1) is 20.5. The van der Waals surface area contributed by atoms with E-state index in [1.165, 1.54) is 0 Å². The molecule has 1 aliphatic rings. The molecular weight excluding hydrogens is 390 g/mol. The molecule has 1 aliphatic heterocycles. The zero-order valence-electron chi connectivity index (χ0n) is 17.9. The second kappa shape index (κ2) is 7.84. The first-order chi connectivity index (χ1) is 14.7. The zero-order chi connectivity index (χ0) is 22.2. The minimum Gasteiger partial charge on any atom is -0.452 e. The number of ether oxygens (including phenoxy) is 2. The molecule has 0 amide bonds. The molecular formula is C26H23NO4. The summed E-state index contributed by atoms with van der Waals surface area (Å²) in [7, 11) is 0. The van der Waals surface area contributed by atoms with E-state index in [0.717, 1.165) is 11.1 Å². The van der Waals surface area contributed by atoms with Crippen LogP contribution in [-0.2, 0) is 5.41 Å². The second-order valence-corrected chi connectivity index (χ2v) is 8.51. The lowest BCUT2D eigenvalue weighted by Gasteiger charge is -2.19. The monoisotopic (exact) mass is 413 g/mol. The summed E-state index contributed by atoms with van der Waals surface area (Å²) in [5, 5.41) is 0. The van der Waals surface area contributed by atoms with Gasteiger partial charge in [-0.1, -0.05) is 39.0 Å². The second-order valence-electron chi connectivity index (χ2n) is 8.51. The van der Waals surface area contributed by atoms with Gasteiger partial charge in [0.05, 0.1) is 11.1 Å². The highest BCUT2D eigenvalue weighted by molar-refractivity contribution is 6.15. The third-order valence-electron chi connectivity index (χ3n) is 5.21. The molecule has 4 rings (SSSR count). The van der Waals surface area contributed by atoms with Gasteiger partial charge in [-0.15, -0.1) is 0 Å². The van der Waals surface area contributed by atoms with Gasteiger partial charge >= 0.3 is 5.97 Å². The van der Waals surface area contributed by atoms with Gasteiger partial charge in [-0.25, -0.2) is 4.79 Å². The summed E-state index contributed by atoms with van der Waals surface area (Å²) in [5.41, 5.74) is 3.41. The number of hydrogen-bond donors (Lipinski definition) is 0.